The van der Waals surface area contributed by atoms with E-state index in [-0.39, 0.29) is 11.9 Å². The predicted octanol–water partition coefficient (Wildman–Crippen LogP) is 3.79. The molecule has 0 aliphatic rings. The summed E-state index contributed by atoms with van der Waals surface area (Å²) in [6.07, 6.45) is 7.49. The number of fused-ring (bicyclic) bond motifs is 1. The van der Waals surface area contributed by atoms with E-state index in [0.717, 1.165) is 23.7 Å². The van der Waals surface area contributed by atoms with Crippen LogP contribution in [0.3, 0.4) is 0 Å². The third kappa shape index (κ3) is 4.84. The second-order valence-electron chi connectivity index (χ2n) is 5.67. The number of hydrogen-bond donors (Lipinski definition) is 2. The molecular formula is C18H24N2O3. The van der Waals surface area contributed by atoms with Crippen LogP contribution in [0.1, 0.15) is 56.3 Å². The highest BCUT2D eigenvalue weighted by Crippen LogP contribution is 2.24. The van der Waals surface area contributed by atoms with E-state index in [0.29, 0.717) is 17.9 Å². The summed E-state index contributed by atoms with van der Waals surface area (Å²) in [6.45, 7) is 4.22. The minimum Gasteiger partial charge on any atom is -0.427 e. The predicted molar refractivity (Wildman–Crippen MR) is 90.7 cm³/mol. The molecule has 23 heavy (non-hydrogen) atoms. The number of aromatic nitrogens is 1. The van der Waals surface area contributed by atoms with E-state index in [9.17, 15) is 9.59 Å². The lowest BCUT2D eigenvalue weighted by molar-refractivity contribution is -0.131. The van der Waals surface area contributed by atoms with Crippen molar-refractivity contribution in [3.8, 4) is 5.75 Å². The summed E-state index contributed by atoms with van der Waals surface area (Å²) >= 11 is 0. The molecule has 0 radical (unpaired) electrons. The summed E-state index contributed by atoms with van der Waals surface area (Å²) in [5.74, 6) is -0.0390. The van der Waals surface area contributed by atoms with Crippen LogP contribution in [0, 0.1) is 0 Å². The number of aromatic amines is 1. The summed E-state index contributed by atoms with van der Waals surface area (Å²) in [5.41, 5.74) is 1.41. The average Bonchev–Trinajstić information content (AvgIpc) is 2.93. The minimum atomic E-state index is -0.377. The molecule has 2 N–H and O–H groups in total. The van der Waals surface area contributed by atoms with Gasteiger partial charge in [0, 0.05) is 30.6 Å². The van der Waals surface area contributed by atoms with Crippen molar-refractivity contribution in [2.45, 2.75) is 46.0 Å². The molecule has 1 heterocycles. The Labute approximate surface area is 136 Å². The summed E-state index contributed by atoms with van der Waals surface area (Å²) in [4.78, 5) is 26.4. The first kappa shape index (κ1) is 17.1. The molecule has 0 saturated heterocycles. The van der Waals surface area contributed by atoms with Gasteiger partial charge in [-0.15, -0.1) is 0 Å². The molecule has 5 nitrogen and oxygen atoms in total. The fourth-order valence-corrected chi connectivity index (χ4v) is 2.54. The lowest BCUT2D eigenvalue weighted by Crippen LogP contribution is -2.24. The zero-order valence-electron chi connectivity index (χ0n) is 13.8. The average molecular weight is 316 g/mol. The first-order valence-electron chi connectivity index (χ1n) is 8.19. The topological polar surface area (TPSA) is 71.2 Å². The summed E-state index contributed by atoms with van der Waals surface area (Å²) in [7, 11) is 0. The first-order valence-corrected chi connectivity index (χ1v) is 8.19. The van der Waals surface area contributed by atoms with Crippen molar-refractivity contribution < 1.29 is 14.3 Å². The first-order chi connectivity index (χ1) is 11.1. The third-order valence-electron chi connectivity index (χ3n) is 3.73. The Balaban J connectivity index is 1.98. The van der Waals surface area contributed by atoms with Gasteiger partial charge in [-0.3, -0.25) is 9.59 Å². The van der Waals surface area contributed by atoms with Gasteiger partial charge in [-0.25, -0.2) is 0 Å². The highest BCUT2D eigenvalue weighted by atomic mass is 16.5. The van der Waals surface area contributed by atoms with E-state index in [2.05, 4.69) is 17.2 Å². The summed E-state index contributed by atoms with van der Waals surface area (Å²) < 4.78 is 5.08. The Bertz CT molecular complexity index is 676. The molecule has 1 amide bonds. The van der Waals surface area contributed by atoms with Gasteiger partial charge in [-0.05, 0) is 24.6 Å². The third-order valence-corrected chi connectivity index (χ3v) is 3.73. The number of nitrogens with one attached hydrogen (secondary N) is 2. The van der Waals surface area contributed by atoms with Gasteiger partial charge in [0.1, 0.15) is 5.75 Å². The number of esters is 1. The molecule has 2 rings (SSSR count). The number of benzene rings is 1. The smallest absolute Gasteiger partial charge is 0.308 e. The molecule has 1 aromatic carbocycles. The molecule has 2 aromatic rings. The Morgan fingerprint density at radius 3 is 2.70 bits per heavy atom. The normalized spacial score (nSPS) is 10.7. The standard InChI is InChI=1S/C18H24N2O3/c1-3-4-5-6-7-10-19-18(22)16-12-20-17-9-8-14(11-15(16)17)23-13(2)21/h8-9,11-12,20H,3-7,10H2,1-2H3,(H,19,22). The monoisotopic (exact) mass is 316 g/mol. The maximum Gasteiger partial charge on any atom is 0.308 e. The van der Waals surface area contributed by atoms with Crippen LogP contribution >= 0.6 is 0 Å². The molecule has 0 fully saturated rings. The van der Waals surface area contributed by atoms with Crippen molar-refractivity contribution in [1.29, 1.82) is 0 Å². The highest BCUT2D eigenvalue weighted by molar-refractivity contribution is 6.07. The molecule has 0 atom stereocenters. The molecule has 124 valence electrons. The number of rotatable bonds is 8. The zero-order valence-corrected chi connectivity index (χ0v) is 13.8. The number of hydrogen-bond acceptors (Lipinski definition) is 3. The fraction of sp³-hybridized carbons (Fsp3) is 0.444. The van der Waals surface area contributed by atoms with Crippen molar-refractivity contribution in [3.05, 3.63) is 30.0 Å². The van der Waals surface area contributed by atoms with Gasteiger partial charge in [-0.1, -0.05) is 32.6 Å². The van der Waals surface area contributed by atoms with Crippen LogP contribution in [0.25, 0.3) is 10.9 Å². The molecule has 0 aliphatic carbocycles. The lowest BCUT2D eigenvalue weighted by Gasteiger charge is -2.05. The molecule has 0 unspecified atom stereocenters. The van der Waals surface area contributed by atoms with E-state index < -0.39 is 0 Å². The molecule has 0 saturated carbocycles. The Morgan fingerprint density at radius 2 is 1.96 bits per heavy atom. The van der Waals surface area contributed by atoms with Crippen molar-refractivity contribution in [2.75, 3.05) is 6.54 Å². The highest BCUT2D eigenvalue weighted by Gasteiger charge is 2.12. The molecule has 0 spiro atoms. The van der Waals surface area contributed by atoms with E-state index in [1.54, 1.807) is 24.4 Å². The molecule has 0 bridgehead atoms. The Hall–Kier alpha value is -2.30. The second kappa shape index (κ2) is 8.36. The van der Waals surface area contributed by atoms with Gasteiger partial charge in [0.05, 0.1) is 5.56 Å². The quantitative estimate of drug-likeness (QED) is 0.442. The van der Waals surface area contributed by atoms with Crippen LogP contribution in [0.15, 0.2) is 24.4 Å². The van der Waals surface area contributed by atoms with Crippen LogP contribution in [-0.4, -0.2) is 23.4 Å². The SMILES string of the molecule is CCCCCCCNC(=O)c1c[nH]c2ccc(OC(C)=O)cc12. The number of unbranched alkanes of at least 4 members (excludes halogenated alkanes) is 4. The van der Waals surface area contributed by atoms with Gasteiger partial charge < -0.3 is 15.0 Å². The van der Waals surface area contributed by atoms with Crippen LogP contribution in [0.2, 0.25) is 0 Å². The van der Waals surface area contributed by atoms with Crippen LogP contribution in [0.4, 0.5) is 0 Å². The summed E-state index contributed by atoms with van der Waals surface area (Å²) in [5, 5.41) is 3.70. The number of carbonyl (C=O) groups is 2. The number of carbonyl (C=O) groups excluding carboxylic acids is 2. The molecule has 0 aliphatic heterocycles. The van der Waals surface area contributed by atoms with E-state index in [4.69, 9.17) is 4.74 Å². The van der Waals surface area contributed by atoms with Crippen LogP contribution in [-0.2, 0) is 4.79 Å². The number of amides is 1. The van der Waals surface area contributed by atoms with Crippen LogP contribution < -0.4 is 10.1 Å². The largest absolute Gasteiger partial charge is 0.427 e. The van der Waals surface area contributed by atoms with Crippen LogP contribution in [0.5, 0.6) is 5.75 Å². The van der Waals surface area contributed by atoms with Crippen molar-refractivity contribution >= 4 is 22.8 Å². The molecule has 1 aromatic heterocycles. The Kier molecular flexibility index (Phi) is 6.20. The van der Waals surface area contributed by atoms with Gasteiger partial charge in [-0.2, -0.15) is 0 Å². The van der Waals surface area contributed by atoms with Gasteiger partial charge >= 0.3 is 5.97 Å². The van der Waals surface area contributed by atoms with Crippen molar-refractivity contribution in [2.24, 2.45) is 0 Å². The van der Waals surface area contributed by atoms with E-state index in [1.165, 1.54) is 26.2 Å². The van der Waals surface area contributed by atoms with Crippen molar-refractivity contribution in [3.63, 3.8) is 0 Å². The fourth-order valence-electron chi connectivity index (χ4n) is 2.54. The maximum absolute atomic E-state index is 12.3. The van der Waals surface area contributed by atoms with Gasteiger partial charge in [0.2, 0.25) is 0 Å². The molecular weight excluding hydrogens is 292 g/mol. The zero-order chi connectivity index (χ0) is 16.7. The van der Waals surface area contributed by atoms with Crippen molar-refractivity contribution in [1.82, 2.24) is 10.3 Å². The Morgan fingerprint density at radius 1 is 1.17 bits per heavy atom. The maximum atomic E-state index is 12.3. The minimum absolute atomic E-state index is 0.105. The van der Waals surface area contributed by atoms with E-state index >= 15 is 0 Å². The second-order valence-corrected chi connectivity index (χ2v) is 5.67. The number of H-pyrrole nitrogens is 1. The van der Waals surface area contributed by atoms with Gasteiger partial charge in [0.25, 0.3) is 5.91 Å². The van der Waals surface area contributed by atoms with Gasteiger partial charge in [0.15, 0.2) is 0 Å². The molecule has 5 heteroatoms. The summed E-state index contributed by atoms with van der Waals surface area (Å²) in [6, 6.07) is 5.22. The number of ether oxygens (including phenoxy) is 1. The van der Waals surface area contributed by atoms with E-state index in [1.807, 2.05) is 0 Å². The lowest BCUT2D eigenvalue weighted by atomic mass is 10.1.